The van der Waals surface area contributed by atoms with Crippen molar-refractivity contribution in [2.24, 2.45) is 5.73 Å². The van der Waals surface area contributed by atoms with E-state index in [1.165, 1.54) is 0 Å². The van der Waals surface area contributed by atoms with Gasteiger partial charge in [-0.25, -0.2) is 0 Å². The summed E-state index contributed by atoms with van der Waals surface area (Å²) in [6.45, 7) is 6.81. The van der Waals surface area contributed by atoms with Crippen LogP contribution in [0.3, 0.4) is 0 Å². The molecule has 0 bridgehead atoms. The Kier molecular flexibility index (Phi) is 8.17. The van der Waals surface area contributed by atoms with Crippen molar-refractivity contribution in [3.8, 4) is 0 Å². The number of hydrogen-bond donors (Lipinski definition) is 2. The van der Waals surface area contributed by atoms with Crippen molar-refractivity contribution in [2.45, 2.75) is 13.3 Å². The SMILES string of the molecule is CCCNC(=O)CN1CCN(C(=O)COCCN)CC1. The molecule has 2 amide bonds. The molecule has 7 heteroatoms. The van der Waals surface area contributed by atoms with E-state index in [1.807, 2.05) is 6.92 Å². The maximum Gasteiger partial charge on any atom is 0.248 e. The van der Waals surface area contributed by atoms with Gasteiger partial charge in [-0.2, -0.15) is 0 Å². The van der Waals surface area contributed by atoms with Gasteiger partial charge in [0.25, 0.3) is 0 Å². The Morgan fingerprint density at radius 3 is 2.55 bits per heavy atom. The molecular formula is C13H26N4O3. The average Bonchev–Trinajstić information content (AvgIpc) is 2.46. The van der Waals surface area contributed by atoms with Crippen molar-refractivity contribution in [3.63, 3.8) is 0 Å². The number of nitrogens with two attached hydrogens (primary N) is 1. The van der Waals surface area contributed by atoms with Crippen molar-refractivity contribution in [2.75, 3.05) is 59.0 Å². The summed E-state index contributed by atoms with van der Waals surface area (Å²) in [5.41, 5.74) is 5.30. The molecule has 3 N–H and O–H groups in total. The number of amides is 2. The van der Waals surface area contributed by atoms with Crippen LogP contribution in [0.15, 0.2) is 0 Å². The van der Waals surface area contributed by atoms with Crippen LogP contribution in [0, 0.1) is 0 Å². The number of piperazine rings is 1. The normalized spacial score (nSPS) is 16.2. The van der Waals surface area contributed by atoms with Gasteiger partial charge in [0.15, 0.2) is 0 Å². The molecule has 1 aliphatic rings. The second-order valence-corrected chi connectivity index (χ2v) is 4.85. The van der Waals surface area contributed by atoms with E-state index in [9.17, 15) is 9.59 Å². The molecule has 1 fully saturated rings. The molecule has 1 saturated heterocycles. The third-order valence-corrected chi connectivity index (χ3v) is 3.15. The Morgan fingerprint density at radius 2 is 1.95 bits per heavy atom. The van der Waals surface area contributed by atoms with Gasteiger partial charge in [-0.05, 0) is 6.42 Å². The Bertz CT molecular complexity index is 304. The zero-order valence-electron chi connectivity index (χ0n) is 12.3. The van der Waals surface area contributed by atoms with E-state index >= 15 is 0 Å². The third kappa shape index (κ3) is 6.31. The Balaban J connectivity index is 2.19. The minimum atomic E-state index is -0.00599. The van der Waals surface area contributed by atoms with Crippen LogP contribution in [0.1, 0.15) is 13.3 Å². The number of nitrogens with one attached hydrogen (secondary N) is 1. The molecule has 1 aliphatic heterocycles. The summed E-state index contributed by atoms with van der Waals surface area (Å²) in [6, 6.07) is 0. The number of carbonyl (C=O) groups is 2. The van der Waals surface area contributed by atoms with Crippen molar-refractivity contribution in [1.82, 2.24) is 15.1 Å². The summed E-state index contributed by atoms with van der Waals surface area (Å²) in [5.74, 6) is 0.0476. The molecule has 0 aromatic heterocycles. The standard InChI is InChI=1S/C13H26N4O3/c1-2-4-15-12(18)10-16-5-7-17(8-6-16)13(19)11-20-9-3-14/h2-11,14H2,1H3,(H,15,18). The van der Waals surface area contributed by atoms with E-state index in [0.29, 0.717) is 32.8 Å². The minimum absolute atomic E-state index is 0.00599. The minimum Gasteiger partial charge on any atom is -0.370 e. The quantitative estimate of drug-likeness (QED) is 0.538. The molecule has 0 spiro atoms. The van der Waals surface area contributed by atoms with E-state index in [2.05, 4.69) is 10.2 Å². The average molecular weight is 286 g/mol. The molecule has 20 heavy (non-hydrogen) atoms. The summed E-state index contributed by atoms with van der Waals surface area (Å²) < 4.78 is 5.14. The number of hydrogen-bond acceptors (Lipinski definition) is 5. The highest BCUT2D eigenvalue weighted by Crippen LogP contribution is 2.02. The number of ether oxygens (including phenoxy) is 1. The first-order valence-electron chi connectivity index (χ1n) is 7.22. The van der Waals surface area contributed by atoms with Crippen LogP contribution >= 0.6 is 0 Å². The summed E-state index contributed by atoms with van der Waals surface area (Å²) in [5, 5.41) is 2.85. The van der Waals surface area contributed by atoms with Crippen LogP contribution in [-0.4, -0.2) is 80.6 Å². The van der Waals surface area contributed by atoms with Gasteiger partial charge in [0, 0.05) is 39.3 Å². The molecule has 7 nitrogen and oxygen atoms in total. The number of carbonyl (C=O) groups excluding carboxylic acids is 2. The molecule has 116 valence electrons. The topological polar surface area (TPSA) is 87.9 Å². The molecule has 0 aromatic rings. The van der Waals surface area contributed by atoms with Crippen molar-refractivity contribution in [3.05, 3.63) is 0 Å². The molecule has 1 rings (SSSR count). The van der Waals surface area contributed by atoms with Crippen LogP contribution in [0.25, 0.3) is 0 Å². The third-order valence-electron chi connectivity index (χ3n) is 3.15. The molecule has 0 radical (unpaired) electrons. The molecule has 0 aromatic carbocycles. The van der Waals surface area contributed by atoms with Crippen molar-refractivity contribution in [1.29, 1.82) is 0 Å². The lowest BCUT2D eigenvalue weighted by molar-refractivity contribution is -0.138. The molecule has 1 heterocycles. The molecular weight excluding hydrogens is 260 g/mol. The van der Waals surface area contributed by atoms with E-state index in [0.717, 1.165) is 26.1 Å². The predicted molar refractivity (Wildman–Crippen MR) is 76.2 cm³/mol. The highest BCUT2D eigenvalue weighted by Gasteiger charge is 2.22. The highest BCUT2D eigenvalue weighted by molar-refractivity contribution is 5.78. The van der Waals surface area contributed by atoms with Crippen LogP contribution in [-0.2, 0) is 14.3 Å². The van der Waals surface area contributed by atoms with Gasteiger partial charge >= 0.3 is 0 Å². The predicted octanol–water partition coefficient (Wildman–Crippen LogP) is -1.37. The first-order chi connectivity index (χ1) is 9.67. The number of rotatable bonds is 8. The van der Waals surface area contributed by atoms with E-state index in [1.54, 1.807) is 4.90 Å². The zero-order valence-corrected chi connectivity index (χ0v) is 12.3. The first-order valence-corrected chi connectivity index (χ1v) is 7.22. The van der Waals surface area contributed by atoms with Crippen LogP contribution in [0.4, 0.5) is 0 Å². The van der Waals surface area contributed by atoms with Gasteiger partial charge in [-0.1, -0.05) is 6.92 Å². The fraction of sp³-hybridized carbons (Fsp3) is 0.846. The molecule has 0 aliphatic carbocycles. The van der Waals surface area contributed by atoms with Crippen LogP contribution in [0.2, 0.25) is 0 Å². The first kappa shape index (κ1) is 16.9. The molecule has 0 atom stereocenters. The van der Waals surface area contributed by atoms with Crippen LogP contribution in [0.5, 0.6) is 0 Å². The smallest absolute Gasteiger partial charge is 0.248 e. The second kappa shape index (κ2) is 9.68. The molecule has 0 unspecified atom stereocenters. The lowest BCUT2D eigenvalue weighted by atomic mass is 10.3. The Morgan fingerprint density at radius 1 is 1.25 bits per heavy atom. The Hall–Kier alpha value is -1.18. The molecule has 0 saturated carbocycles. The van der Waals surface area contributed by atoms with Gasteiger partial charge in [0.1, 0.15) is 6.61 Å². The second-order valence-electron chi connectivity index (χ2n) is 4.85. The van der Waals surface area contributed by atoms with Crippen molar-refractivity contribution < 1.29 is 14.3 Å². The van der Waals surface area contributed by atoms with Gasteiger partial charge in [0.2, 0.25) is 11.8 Å². The summed E-state index contributed by atoms with van der Waals surface area (Å²) in [7, 11) is 0. The lowest BCUT2D eigenvalue weighted by Gasteiger charge is -2.34. The lowest BCUT2D eigenvalue weighted by Crippen LogP contribution is -2.51. The summed E-state index contributed by atoms with van der Waals surface area (Å²) in [4.78, 5) is 27.2. The van der Waals surface area contributed by atoms with Gasteiger partial charge in [-0.15, -0.1) is 0 Å². The number of nitrogens with zero attached hydrogens (tertiary/aromatic N) is 2. The van der Waals surface area contributed by atoms with Gasteiger partial charge in [0.05, 0.1) is 13.2 Å². The zero-order chi connectivity index (χ0) is 14.8. The summed E-state index contributed by atoms with van der Waals surface area (Å²) >= 11 is 0. The fourth-order valence-electron chi connectivity index (χ4n) is 2.01. The van der Waals surface area contributed by atoms with Gasteiger partial charge in [-0.3, -0.25) is 14.5 Å². The monoisotopic (exact) mass is 286 g/mol. The largest absolute Gasteiger partial charge is 0.370 e. The van der Waals surface area contributed by atoms with E-state index in [4.69, 9.17) is 10.5 Å². The van der Waals surface area contributed by atoms with Crippen molar-refractivity contribution >= 4 is 11.8 Å². The fourth-order valence-corrected chi connectivity index (χ4v) is 2.01. The van der Waals surface area contributed by atoms with E-state index in [-0.39, 0.29) is 18.4 Å². The Labute approximate surface area is 120 Å². The summed E-state index contributed by atoms with van der Waals surface area (Å²) in [6.07, 6.45) is 0.941. The highest BCUT2D eigenvalue weighted by atomic mass is 16.5. The maximum atomic E-state index is 11.8. The van der Waals surface area contributed by atoms with Gasteiger partial charge < -0.3 is 20.7 Å². The van der Waals surface area contributed by atoms with Crippen LogP contribution < -0.4 is 11.1 Å². The maximum absolute atomic E-state index is 11.8. The van der Waals surface area contributed by atoms with E-state index < -0.39 is 0 Å².